The summed E-state index contributed by atoms with van der Waals surface area (Å²) in [5.74, 6) is 0.503. The molecule has 5 heteroatoms. The summed E-state index contributed by atoms with van der Waals surface area (Å²) >= 11 is 0. The third kappa shape index (κ3) is 5.62. The lowest BCUT2D eigenvalue weighted by Gasteiger charge is -2.26. The maximum absolute atomic E-state index is 12.9. The van der Waals surface area contributed by atoms with Crippen molar-refractivity contribution in [2.45, 2.75) is 39.4 Å². The number of methoxy groups -OCH3 is 1. The van der Waals surface area contributed by atoms with Gasteiger partial charge in [0.25, 0.3) is 5.91 Å². The second-order valence-electron chi connectivity index (χ2n) is 6.84. The number of benzene rings is 2. The highest BCUT2D eigenvalue weighted by Crippen LogP contribution is 2.18. The van der Waals surface area contributed by atoms with Gasteiger partial charge in [-0.3, -0.25) is 4.79 Å². The minimum Gasteiger partial charge on any atom is -0.497 e. The first-order valence-corrected chi connectivity index (χ1v) is 9.31. The summed E-state index contributed by atoms with van der Waals surface area (Å²) in [6, 6.07) is 19.4. The highest BCUT2D eigenvalue weighted by atomic mass is 16.5. The van der Waals surface area contributed by atoms with Gasteiger partial charge in [0.1, 0.15) is 17.4 Å². The Morgan fingerprint density at radius 2 is 1.79 bits per heavy atom. The molecular formula is C23H27N3O2. The lowest BCUT2D eigenvalue weighted by Crippen LogP contribution is -2.37. The molecule has 0 saturated carbocycles. The quantitative estimate of drug-likeness (QED) is 0.553. The molecule has 28 heavy (non-hydrogen) atoms. The summed E-state index contributed by atoms with van der Waals surface area (Å²) in [4.78, 5) is 14.6. The first-order chi connectivity index (χ1) is 13.5. The third-order valence-corrected chi connectivity index (χ3v) is 4.52. The first kappa shape index (κ1) is 21.0. The Labute approximate surface area is 167 Å². The Bertz CT molecular complexity index is 836. The zero-order valence-electron chi connectivity index (χ0n) is 16.8. The number of nitrogens with zero attached hydrogens (tertiary/aromatic N) is 2. The van der Waals surface area contributed by atoms with Crippen LogP contribution in [0.4, 0.5) is 0 Å². The van der Waals surface area contributed by atoms with Gasteiger partial charge < -0.3 is 15.0 Å². The number of nitriles is 1. The molecule has 0 fully saturated rings. The van der Waals surface area contributed by atoms with E-state index in [9.17, 15) is 10.1 Å². The predicted molar refractivity (Wildman–Crippen MR) is 110 cm³/mol. The van der Waals surface area contributed by atoms with Gasteiger partial charge in [-0.1, -0.05) is 42.5 Å². The molecule has 0 heterocycles. The van der Waals surface area contributed by atoms with Gasteiger partial charge >= 0.3 is 0 Å². The lowest BCUT2D eigenvalue weighted by molar-refractivity contribution is -0.129. The number of nitrogens with one attached hydrogen (secondary N) is 1. The number of amides is 1. The summed E-state index contributed by atoms with van der Waals surface area (Å²) in [5, 5.41) is 12.7. The Morgan fingerprint density at radius 3 is 2.32 bits per heavy atom. The van der Waals surface area contributed by atoms with Gasteiger partial charge in [-0.15, -0.1) is 0 Å². The molecule has 0 aliphatic rings. The van der Waals surface area contributed by atoms with Gasteiger partial charge in [-0.2, -0.15) is 5.26 Å². The van der Waals surface area contributed by atoms with E-state index in [1.165, 1.54) is 6.20 Å². The molecular weight excluding hydrogens is 350 g/mol. The largest absolute Gasteiger partial charge is 0.497 e. The molecule has 146 valence electrons. The fraction of sp³-hybridized carbons (Fsp3) is 0.304. The predicted octanol–water partition coefficient (Wildman–Crippen LogP) is 4.19. The minimum absolute atomic E-state index is 0.0246. The molecule has 0 aliphatic carbocycles. The summed E-state index contributed by atoms with van der Waals surface area (Å²) in [6.45, 7) is 6.33. The average Bonchev–Trinajstić information content (AvgIpc) is 2.72. The normalized spacial score (nSPS) is 12.2. The second-order valence-corrected chi connectivity index (χ2v) is 6.84. The third-order valence-electron chi connectivity index (χ3n) is 4.52. The van der Waals surface area contributed by atoms with Crippen molar-refractivity contribution in [3.63, 3.8) is 0 Å². The number of hydrogen-bond donors (Lipinski definition) is 1. The molecule has 0 saturated heterocycles. The second kappa shape index (κ2) is 10.2. The zero-order valence-corrected chi connectivity index (χ0v) is 16.8. The molecule has 0 spiro atoms. The molecule has 0 aromatic heterocycles. The van der Waals surface area contributed by atoms with Crippen LogP contribution in [-0.2, 0) is 11.3 Å². The zero-order chi connectivity index (χ0) is 20.5. The standard InChI is InChI=1S/C23H27N3O2/c1-17(2)26(16-19-8-6-5-7-9-19)23(27)21(14-24)15-25-18(3)20-10-12-22(28-4)13-11-20/h5-13,15,17-18,25H,16H2,1-4H3/b21-15-. The number of rotatable bonds is 8. The van der Waals surface area contributed by atoms with E-state index in [-0.39, 0.29) is 23.6 Å². The van der Waals surface area contributed by atoms with Crippen molar-refractivity contribution in [3.8, 4) is 11.8 Å². The van der Waals surface area contributed by atoms with Gasteiger partial charge in [0.2, 0.25) is 0 Å². The molecule has 0 bridgehead atoms. The van der Waals surface area contributed by atoms with E-state index in [0.29, 0.717) is 6.54 Å². The van der Waals surface area contributed by atoms with Crippen molar-refractivity contribution in [1.29, 1.82) is 5.26 Å². The molecule has 1 atom stereocenters. The molecule has 0 radical (unpaired) electrons. The monoisotopic (exact) mass is 377 g/mol. The maximum atomic E-state index is 12.9. The lowest BCUT2D eigenvalue weighted by atomic mass is 10.1. The van der Waals surface area contributed by atoms with Gasteiger partial charge in [0.05, 0.1) is 7.11 Å². The molecule has 1 unspecified atom stereocenters. The van der Waals surface area contributed by atoms with E-state index in [2.05, 4.69) is 5.32 Å². The van der Waals surface area contributed by atoms with Crippen molar-refractivity contribution in [1.82, 2.24) is 10.2 Å². The summed E-state index contributed by atoms with van der Waals surface area (Å²) in [6.07, 6.45) is 1.51. The van der Waals surface area contributed by atoms with Gasteiger partial charge in [0.15, 0.2) is 0 Å². The minimum atomic E-state index is -0.282. The van der Waals surface area contributed by atoms with Crippen LogP contribution in [0.1, 0.15) is 37.9 Å². The van der Waals surface area contributed by atoms with Crippen LogP contribution in [0, 0.1) is 11.3 Å². The molecule has 2 aromatic rings. The highest BCUT2D eigenvalue weighted by Gasteiger charge is 2.21. The van der Waals surface area contributed by atoms with E-state index in [1.54, 1.807) is 12.0 Å². The maximum Gasteiger partial charge on any atom is 0.266 e. The van der Waals surface area contributed by atoms with E-state index >= 15 is 0 Å². The number of carbonyl (C=O) groups excluding carboxylic acids is 1. The fourth-order valence-electron chi connectivity index (χ4n) is 2.76. The number of ether oxygens (including phenoxy) is 1. The van der Waals surface area contributed by atoms with Crippen molar-refractivity contribution in [2.24, 2.45) is 0 Å². The van der Waals surface area contributed by atoms with Crippen LogP contribution in [0.25, 0.3) is 0 Å². The summed E-state index contributed by atoms with van der Waals surface area (Å²) < 4.78 is 5.17. The van der Waals surface area contributed by atoms with E-state index < -0.39 is 0 Å². The highest BCUT2D eigenvalue weighted by molar-refractivity contribution is 5.97. The SMILES string of the molecule is COc1ccc(C(C)N/C=C(/C#N)C(=O)N(Cc2ccccc2)C(C)C)cc1. The van der Waals surface area contributed by atoms with Gasteiger partial charge in [0, 0.05) is 24.8 Å². The Kier molecular flexibility index (Phi) is 7.65. The molecule has 0 aliphatic heterocycles. The van der Waals surface area contributed by atoms with Crippen LogP contribution in [-0.4, -0.2) is 24.0 Å². The topological polar surface area (TPSA) is 65.4 Å². The van der Waals surface area contributed by atoms with Gasteiger partial charge in [-0.05, 0) is 44.0 Å². The number of hydrogen-bond acceptors (Lipinski definition) is 4. The Balaban J connectivity index is 2.11. The van der Waals surface area contributed by atoms with E-state index in [1.807, 2.05) is 81.4 Å². The Morgan fingerprint density at radius 1 is 1.14 bits per heavy atom. The fourth-order valence-corrected chi connectivity index (χ4v) is 2.76. The van der Waals surface area contributed by atoms with E-state index in [0.717, 1.165) is 16.9 Å². The average molecular weight is 377 g/mol. The summed E-state index contributed by atoms with van der Waals surface area (Å²) in [5.41, 5.74) is 2.15. The van der Waals surface area contributed by atoms with Gasteiger partial charge in [-0.25, -0.2) is 0 Å². The van der Waals surface area contributed by atoms with Crippen molar-refractivity contribution >= 4 is 5.91 Å². The molecule has 1 N–H and O–H groups in total. The van der Waals surface area contributed by atoms with E-state index in [4.69, 9.17) is 4.74 Å². The summed E-state index contributed by atoms with van der Waals surface area (Å²) in [7, 11) is 1.63. The molecule has 5 nitrogen and oxygen atoms in total. The van der Waals surface area contributed by atoms with Crippen LogP contribution in [0.15, 0.2) is 66.4 Å². The first-order valence-electron chi connectivity index (χ1n) is 9.31. The molecule has 2 rings (SSSR count). The van der Waals surface area contributed by atoms with Crippen molar-refractivity contribution < 1.29 is 9.53 Å². The number of carbonyl (C=O) groups is 1. The van der Waals surface area contributed by atoms with Crippen LogP contribution < -0.4 is 10.1 Å². The molecule has 1 amide bonds. The van der Waals surface area contributed by atoms with Crippen molar-refractivity contribution in [3.05, 3.63) is 77.5 Å². The van der Waals surface area contributed by atoms with Crippen molar-refractivity contribution in [2.75, 3.05) is 7.11 Å². The van der Waals surface area contributed by atoms with Crippen LogP contribution in [0.3, 0.4) is 0 Å². The van der Waals surface area contributed by atoms with Crippen LogP contribution in [0.2, 0.25) is 0 Å². The van der Waals surface area contributed by atoms with Crippen LogP contribution >= 0.6 is 0 Å². The smallest absolute Gasteiger partial charge is 0.266 e. The Hall–Kier alpha value is -3.26. The van der Waals surface area contributed by atoms with Crippen LogP contribution in [0.5, 0.6) is 5.75 Å². The molecule has 2 aromatic carbocycles.